The van der Waals surface area contributed by atoms with Crippen molar-refractivity contribution in [2.24, 2.45) is 5.41 Å². The molecule has 1 heterocycles. The molecule has 0 bridgehead atoms. The van der Waals surface area contributed by atoms with Gasteiger partial charge in [0, 0.05) is 18.0 Å². The fourth-order valence-corrected chi connectivity index (χ4v) is 2.16. The number of aliphatic hydroxyl groups is 1. The summed E-state index contributed by atoms with van der Waals surface area (Å²) < 4.78 is 1.91. The van der Waals surface area contributed by atoms with Crippen molar-refractivity contribution in [2.45, 2.75) is 53.5 Å². The van der Waals surface area contributed by atoms with Crippen molar-refractivity contribution >= 4 is 11.5 Å². The lowest BCUT2D eigenvalue weighted by molar-refractivity contribution is 0.127. The quantitative estimate of drug-likeness (QED) is 0.710. The van der Waals surface area contributed by atoms with E-state index in [1.54, 1.807) is 0 Å². The van der Waals surface area contributed by atoms with Gasteiger partial charge in [-0.25, -0.2) is 4.68 Å². The summed E-state index contributed by atoms with van der Waals surface area (Å²) in [5, 5.41) is 17.5. The topological polar surface area (TPSA) is 76.1 Å². The maximum Gasteiger partial charge on any atom is 0.148 e. The summed E-state index contributed by atoms with van der Waals surface area (Å²) in [6.45, 7) is 11.2. The van der Waals surface area contributed by atoms with Crippen LogP contribution in [-0.2, 0) is 0 Å². The number of rotatable bonds is 7. The van der Waals surface area contributed by atoms with Crippen LogP contribution in [0.25, 0.3) is 0 Å². The number of aliphatic hydroxyl groups excluding tert-OH is 1. The second-order valence-electron chi connectivity index (χ2n) is 5.60. The maximum atomic E-state index is 9.61. The molecular weight excluding hydrogens is 240 g/mol. The van der Waals surface area contributed by atoms with Crippen molar-refractivity contribution in [1.29, 1.82) is 0 Å². The number of anilines is 2. The van der Waals surface area contributed by atoms with Crippen LogP contribution < -0.4 is 11.1 Å². The molecule has 5 heteroatoms. The Morgan fingerprint density at radius 2 is 1.95 bits per heavy atom. The van der Waals surface area contributed by atoms with E-state index in [0.29, 0.717) is 12.2 Å². The number of nitrogens with one attached hydrogen (secondary N) is 1. The highest BCUT2D eigenvalue weighted by molar-refractivity contribution is 5.65. The molecule has 4 N–H and O–H groups in total. The predicted molar refractivity (Wildman–Crippen MR) is 80.4 cm³/mol. The van der Waals surface area contributed by atoms with Crippen LogP contribution in [0.4, 0.5) is 11.5 Å². The molecule has 0 aliphatic rings. The number of hydrogen-bond acceptors (Lipinski definition) is 4. The van der Waals surface area contributed by atoms with E-state index in [1.165, 1.54) is 0 Å². The van der Waals surface area contributed by atoms with Crippen molar-refractivity contribution in [3.8, 4) is 0 Å². The smallest absolute Gasteiger partial charge is 0.148 e. The molecule has 0 spiro atoms. The molecule has 1 rings (SSSR count). The van der Waals surface area contributed by atoms with Gasteiger partial charge in [-0.3, -0.25) is 0 Å². The molecule has 0 saturated carbocycles. The zero-order chi connectivity index (χ0) is 14.6. The zero-order valence-electron chi connectivity index (χ0n) is 12.8. The molecule has 0 radical (unpaired) electrons. The van der Waals surface area contributed by atoms with Crippen molar-refractivity contribution in [1.82, 2.24) is 9.78 Å². The summed E-state index contributed by atoms with van der Waals surface area (Å²) in [5.74, 6) is 0.868. The molecule has 110 valence electrons. The molecule has 0 aromatic carbocycles. The Kier molecular flexibility index (Phi) is 5.23. The number of aryl methyl sites for hydroxylation is 1. The van der Waals surface area contributed by atoms with Gasteiger partial charge < -0.3 is 16.2 Å². The molecule has 19 heavy (non-hydrogen) atoms. The van der Waals surface area contributed by atoms with Crippen molar-refractivity contribution in [2.75, 3.05) is 24.2 Å². The van der Waals surface area contributed by atoms with Gasteiger partial charge in [-0.2, -0.15) is 5.10 Å². The van der Waals surface area contributed by atoms with E-state index in [9.17, 15) is 5.11 Å². The van der Waals surface area contributed by atoms with Crippen LogP contribution in [0.5, 0.6) is 0 Å². The fourth-order valence-electron chi connectivity index (χ4n) is 2.16. The van der Waals surface area contributed by atoms with Gasteiger partial charge in [0.2, 0.25) is 0 Å². The third kappa shape index (κ3) is 3.21. The average molecular weight is 268 g/mol. The molecule has 5 nitrogen and oxygen atoms in total. The van der Waals surface area contributed by atoms with Gasteiger partial charge in [-0.15, -0.1) is 0 Å². The lowest BCUT2D eigenvalue weighted by atomic mass is 9.83. The van der Waals surface area contributed by atoms with Gasteiger partial charge in [0.15, 0.2) is 0 Å². The van der Waals surface area contributed by atoms with E-state index >= 15 is 0 Å². The summed E-state index contributed by atoms with van der Waals surface area (Å²) in [6, 6.07) is 0.255. The molecule has 0 aliphatic carbocycles. The summed E-state index contributed by atoms with van der Waals surface area (Å²) >= 11 is 0. The van der Waals surface area contributed by atoms with Crippen LogP contribution in [0.2, 0.25) is 0 Å². The summed E-state index contributed by atoms with van der Waals surface area (Å²) in [5.41, 5.74) is 7.54. The summed E-state index contributed by atoms with van der Waals surface area (Å²) in [7, 11) is 0. The SMILES string of the molecule is CCC(CC)(CO)CNc1c(N)c(C)nn1C(C)C. The van der Waals surface area contributed by atoms with Crippen molar-refractivity contribution in [3.63, 3.8) is 0 Å². The van der Waals surface area contributed by atoms with Gasteiger partial charge in [0.25, 0.3) is 0 Å². The van der Waals surface area contributed by atoms with Crippen LogP contribution in [0.1, 0.15) is 52.3 Å². The normalized spacial score (nSPS) is 12.2. The minimum atomic E-state index is -0.0908. The van der Waals surface area contributed by atoms with Gasteiger partial charge >= 0.3 is 0 Å². The van der Waals surface area contributed by atoms with Gasteiger partial charge in [0.05, 0.1) is 18.0 Å². The molecule has 1 aromatic heterocycles. The van der Waals surface area contributed by atoms with Gasteiger partial charge in [-0.05, 0) is 33.6 Å². The molecule has 0 unspecified atom stereocenters. The number of nitrogens with two attached hydrogens (primary N) is 1. The molecule has 1 aromatic rings. The van der Waals surface area contributed by atoms with Crippen LogP contribution in [0.15, 0.2) is 0 Å². The number of hydrogen-bond donors (Lipinski definition) is 3. The largest absolute Gasteiger partial charge is 0.396 e. The summed E-state index contributed by atoms with van der Waals surface area (Å²) in [6.07, 6.45) is 1.86. The minimum absolute atomic E-state index is 0.0908. The van der Waals surface area contributed by atoms with E-state index in [2.05, 4.69) is 38.1 Å². The van der Waals surface area contributed by atoms with Crippen molar-refractivity contribution in [3.05, 3.63) is 5.69 Å². The highest BCUT2D eigenvalue weighted by atomic mass is 16.3. The predicted octanol–water partition coefficient (Wildman–Crippen LogP) is 2.57. The lowest BCUT2D eigenvalue weighted by Gasteiger charge is -2.30. The fraction of sp³-hybridized carbons (Fsp3) is 0.786. The number of nitrogens with zero attached hydrogens (tertiary/aromatic N) is 2. The molecule has 0 fully saturated rings. The average Bonchev–Trinajstić information content (AvgIpc) is 2.69. The second kappa shape index (κ2) is 6.28. The van der Waals surface area contributed by atoms with E-state index in [4.69, 9.17) is 5.73 Å². The first-order valence-electron chi connectivity index (χ1n) is 7.10. The Morgan fingerprint density at radius 1 is 1.37 bits per heavy atom. The van der Waals surface area contributed by atoms with Crippen LogP contribution in [0, 0.1) is 12.3 Å². The monoisotopic (exact) mass is 268 g/mol. The van der Waals surface area contributed by atoms with Crippen LogP contribution in [0.3, 0.4) is 0 Å². The van der Waals surface area contributed by atoms with E-state index in [1.807, 2.05) is 11.6 Å². The Hall–Kier alpha value is -1.23. The molecular formula is C14H28N4O. The first-order valence-corrected chi connectivity index (χ1v) is 7.10. The Labute approximate surface area is 116 Å². The Morgan fingerprint density at radius 3 is 2.37 bits per heavy atom. The van der Waals surface area contributed by atoms with E-state index in [0.717, 1.165) is 24.4 Å². The minimum Gasteiger partial charge on any atom is -0.396 e. The Bertz CT molecular complexity index is 400. The Balaban J connectivity index is 2.93. The lowest BCUT2D eigenvalue weighted by Crippen LogP contribution is -2.33. The number of nitrogen functional groups attached to an aromatic ring is 1. The highest BCUT2D eigenvalue weighted by Crippen LogP contribution is 2.30. The highest BCUT2D eigenvalue weighted by Gasteiger charge is 2.26. The summed E-state index contributed by atoms with van der Waals surface area (Å²) in [4.78, 5) is 0. The number of aromatic nitrogens is 2. The molecule has 0 amide bonds. The zero-order valence-corrected chi connectivity index (χ0v) is 12.8. The van der Waals surface area contributed by atoms with Gasteiger partial charge in [0.1, 0.15) is 5.82 Å². The third-order valence-corrected chi connectivity index (χ3v) is 4.09. The molecule has 0 saturated heterocycles. The first-order chi connectivity index (χ1) is 8.90. The molecule has 0 aliphatic heterocycles. The van der Waals surface area contributed by atoms with Crippen molar-refractivity contribution < 1.29 is 5.11 Å². The maximum absolute atomic E-state index is 9.61. The second-order valence-corrected chi connectivity index (χ2v) is 5.60. The third-order valence-electron chi connectivity index (χ3n) is 4.09. The molecule has 0 atom stereocenters. The standard InChI is InChI=1S/C14H28N4O/c1-6-14(7-2,9-19)8-16-13-12(15)11(5)17-18(13)10(3)4/h10,16,19H,6-9,15H2,1-5H3. The van der Waals surface area contributed by atoms with Crippen LogP contribution in [-0.4, -0.2) is 28.0 Å². The van der Waals surface area contributed by atoms with Crippen LogP contribution >= 0.6 is 0 Å². The van der Waals surface area contributed by atoms with Gasteiger partial charge in [-0.1, -0.05) is 13.8 Å². The van der Waals surface area contributed by atoms with E-state index in [-0.39, 0.29) is 18.1 Å². The van der Waals surface area contributed by atoms with E-state index < -0.39 is 0 Å². The first kappa shape index (κ1) is 15.8.